The van der Waals surface area contributed by atoms with Crippen molar-refractivity contribution < 1.29 is 14.2 Å². The minimum absolute atomic E-state index is 0.119. The number of hydrogen-bond donors (Lipinski definition) is 0. The van der Waals surface area contributed by atoms with E-state index in [9.17, 15) is 0 Å². The zero-order valence-electron chi connectivity index (χ0n) is 17.3. The van der Waals surface area contributed by atoms with Crippen LogP contribution in [0, 0.1) is 22.7 Å². The summed E-state index contributed by atoms with van der Waals surface area (Å²) in [7, 11) is 3.45. The first-order chi connectivity index (χ1) is 12.3. The van der Waals surface area contributed by atoms with Crippen molar-refractivity contribution in [2.24, 2.45) is 22.7 Å². The van der Waals surface area contributed by atoms with Gasteiger partial charge in [0.25, 0.3) is 0 Å². The van der Waals surface area contributed by atoms with Crippen LogP contribution in [-0.2, 0) is 5.41 Å². The Morgan fingerprint density at radius 2 is 1.73 bits per heavy atom. The summed E-state index contributed by atoms with van der Waals surface area (Å²) < 4.78 is 17.6. The molecule has 0 unspecified atom stereocenters. The van der Waals surface area contributed by atoms with Crippen molar-refractivity contribution >= 4 is 0 Å². The van der Waals surface area contributed by atoms with Crippen molar-refractivity contribution in [2.75, 3.05) is 20.8 Å². The summed E-state index contributed by atoms with van der Waals surface area (Å²) in [5.74, 6) is 3.92. The van der Waals surface area contributed by atoms with Gasteiger partial charge in [0, 0.05) is 23.0 Å². The highest BCUT2D eigenvalue weighted by Crippen LogP contribution is 2.67. The van der Waals surface area contributed by atoms with Crippen molar-refractivity contribution in [1.82, 2.24) is 0 Å². The van der Waals surface area contributed by atoms with E-state index in [1.165, 1.54) is 37.7 Å². The predicted molar refractivity (Wildman–Crippen MR) is 104 cm³/mol. The molecule has 2 aliphatic carbocycles. The lowest BCUT2D eigenvalue weighted by molar-refractivity contribution is -0.123. The molecule has 1 aromatic rings. The molecule has 0 bridgehead atoms. The van der Waals surface area contributed by atoms with Crippen LogP contribution in [0.2, 0.25) is 0 Å². The van der Waals surface area contributed by atoms with Gasteiger partial charge in [0.05, 0.1) is 20.8 Å². The first-order valence-electron chi connectivity index (χ1n) is 10.2. The van der Waals surface area contributed by atoms with E-state index in [1.807, 2.05) is 6.07 Å². The summed E-state index contributed by atoms with van der Waals surface area (Å²) in [6.07, 6.45) is 6.53. The second kappa shape index (κ2) is 5.81. The van der Waals surface area contributed by atoms with Gasteiger partial charge in [-0.25, -0.2) is 0 Å². The lowest BCUT2D eigenvalue weighted by Gasteiger charge is -2.63. The highest BCUT2D eigenvalue weighted by atomic mass is 16.5. The van der Waals surface area contributed by atoms with E-state index < -0.39 is 0 Å². The van der Waals surface area contributed by atoms with Crippen LogP contribution < -0.4 is 14.2 Å². The zero-order chi connectivity index (χ0) is 18.7. The van der Waals surface area contributed by atoms with E-state index in [-0.39, 0.29) is 5.41 Å². The maximum absolute atomic E-state index is 6.38. The third-order valence-corrected chi connectivity index (χ3v) is 8.29. The lowest BCUT2D eigenvalue weighted by Crippen LogP contribution is -2.59. The molecule has 1 heterocycles. The van der Waals surface area contributed by atoms with Gasteiger partial charge in [-0.1, -0.05) is 34.1 Å². The minimum Gasteiger partial charge on any atom is -0.497 e. The minimum atomic E-state index is 0.119. The standard InChI is InChI=1S/C23H34O3/c1-21(2)9-7-10-23(4)18(21)8-11-22(3)16-12-15(24-5)13-17(25-6)20(16)26-14-19(22)23/h12-13,18-19H,7-11,14H2,1-6H3/t18-,19-,22-,23+/m0/s1. The SMILES string of the molecule is COc1cc(OC)c2c(c1)[C@]1(C)CC[C@H]3C(C)(C)CCC[C@@]3(C)[C@H]1CO2. The summed E-state index contributed by atoms with van der Waals surface area (Å²) in [4.78, 5) is 0. The zero-order valence-corrected chi connectivity index (χ0v) is 17.3. The molecule has 26 heavy (non-hydrogen) atoms. The Kier molecular flexibility index (Phi) is 4.02. The maximum atomic E-state index is 6.38. The van der Waals surface area contributed by atoms with Gasteiger partial charge in [0.2, 0.25) is 0 Å². The molecule has 0 saturated heterocycles. The molecule has 2 fully saturated rings. The van der Waals surface area contributed by atoms with E-state index in [2.05, 4.69) is 33.8 Å². The van der Waals surface area contributed by atoms with Gasteiger partial charge < -0.3 is 14.2 Å². The number of ether oxygens (including phenoxy) is 3. The topological polar surface area (TPSA) is 27.7 Å². The average Bonchev–Trinajstić information content (AvgIpc) is 2.59. The third-order valence-electron chi connectivity index (χ3n) is 8.29. The Hall–Kier alpha value is -1.38. The fourth-order valence-electron chi connectivity index (χ4n) is 6.93. The van der Waals surface area contributed by atoms with Crippen LogP contribution in [0.4, 0.5) is 0 Å². The molecule has 2 saturated carbocycles. The van der Waals surface area contributed by atoms with Crippen molar-refractivity contribution in [2.45, 2.75) is 65.2 Å². The van der Waals surface area contributed by atoms with Gasteiger partial charge in [0.1, 0.15) is 5.75 Å². The number of hydrogen-bond acceptors (Lipinski definition) is 3. The molecular weight excluding hydrogens is 324 g/mol. The lowest BCUT2D eigenvalue weighted by atomic mass is 9.42. The normalized spacial score (nSPS) is 37.6. The average molecular weight is 359 g/mol. The molecule has 0 radical (unpaired) electrons. The summed E-state index contributed by atoms with van der Waals surface area (Å²) in [6, 6.07) is 4.14. The number of benzene rings is 1. The van der Waals surface area contributed by atoms with Crippen LogP contribution in [0.25, 0.3) is 0 Å². The highest BCUT2D eigenvalue weighted by molar-refractivity contribution is 5.56. The van der Waals surface area contributed by atoms with Crippen molar-refractivity contribution in [3.8, 4) is 17.2 Å². The fourth-order valence-corrected chi connectivity index (χ4v) is 6.93. The first kappa shape index (κ1) is 18.0. The Labute approximate surface area is 158 Å². The largest absolute Gasteiger partial charge is 0.497 e. The summed E-state index contributed by atoms with van der Waals surface area (Å²) in [6.45, 7) is 10.8. The Bertz CT molecular complexity index is 710. The van der Waals surface area contributed by atoms with Gasteiger partial charge in [-0.2, -0.15) is 0 Å². The molecule has 4 rings (SSSR count). The number of fused-ring (bicyclic) bond motifs is 5. The maximum Gasteiger partial charge on any atom is 0.165 e. The highest BCUT2D eigenvalue weighted by Gasteiger charge is 2.60. The second-order valence-electron chi connectivity index (χ2n) is 9.93. The molecule has 4 atom stereocenters. The molecule has 144 valence electrons. The molecule has 1 aromatic carbocycles. The molecule has 3 aliphatic rings. The predicted octanol–water partition coefficient (Wildman–Crippen LogP) is 5.60. The van der Waals surface area contributed by atoms with E-state index in [4.69, 9.17) is 14.2 Å². The van der Waals surface area contributed by atoms with Crippen LogP contribution in [0.3, 0.4) is 0 Å². The Morgan fingerprint density at radius 3 is 2.42 bits per heavy atom. The smallest absolute Gasteiger partial charge is 0.165 e. The fraction of sp³-hybridized carbons (Fsp3) is 0.739. The van der Waals surface area contributed by atoms with E-state index in [0.717, 1.165) is 29.8 Å². The second-order valence-corrected chi connectivity index (χ2v) is 9.93. The van der Waals surface area contributed by atoms with Crippen LogP contribution in [0.5, 0.6) is 17.2 Å². The van der Waals surface area contributed by atoms with E-state index in [0.29, 0.717) is 16.7 Å². The van der Waals surface area contributed by atoms with Crippen molar-refractivity contribution in [3.63, 3.8) is 0 Å². The van der Waals surface area contributed by atoms with Crippen LogP contribution in [-0.4, -0.2) is 20.8 Å². The quantitative estimate of drug-likeness (QED) is 0.689. The Morgan fingerprint density at radius 1 is 0.962 bits per heavy atom. The van der Waals surface area contributed by atoms with Gasteiger partial charge in [-0.3, -0.25) is 0 Å². The molecule has 0 aromatic heterocycles. The van der Waals surface area contributed by atoms with Crippen molar-refractivity contribution in [3.05, 3.63) is 17.7 Å². The molecule has 1 aliphatic heterocycles. The molecular formula is C23H34O3. The summed E-state index contributed by atoms with van der Waals surface area (Å²) >= 11 is 0. The first-order valence-corrected chi connectivity index (χ1v) is 10.2. The van der Waals surface area contributed by atoms with E-state index in [1.54, 1.807) is 14.2 Å². The third kappa shape index (κ3) is 2.31. The monoisotopic (exact) mass is 358 g/mol. The van der Waals surface area contributed by atoms with Gasteiger partial charge in [-0.15, -0.1) is 0 Å². The van der Waals surface area contributed by atoms with Gasteiger partial charge in [0.15, 0.2) is 11.5 Å². The van der Waals surface area contributed by atoms with Gasteiger partial charge in [-0.05, 0) is 48.5 Å². The van der Waals surface area contributed by atoms with Gasteiger partial charge >= 0.3 is 0 Å². The number of methoxy groups -OCH3 is 2. The molecule has 0 N–H and O–H groups in total. The molecule has 3 nitrogen and oxygen atoms in total. The molecule has 0 spiro atoms. The summed E-state index contributed by atoms with van der Waals surface area (Å²) in [5, 5.41) is 0. The van der Waals surface area contributed by atoms with Crippen LogP contribution in [0.15, 0.2) is 12.1 Å². The van der Waals surface area contributed by atoms with E-state index >= 15 is 0 Å². The number of rotatable bonds is 2. The summed E-state index contributed by atoms with van der Waals surface area (Å²) in [5.41, 5.74) is 2.17. The Balaban J connectivity index is 1.83. The molecule has 0 amide bonds. The van der Waals surface area contributed by atoms with Crippen LogP contribution >= 0.6 is 0 Å². The van der Waals surface area contributed by atoms with Crippen molar-refractivity contribution in [1.29, 1.82) is 0 Å². The molecule has 3 heteroatoms. The van der Waals surface area contributed by atoms with Crippen LogP contribution in [0.1, 0.15) is 65.4 Å².